The molecule has 0 amide bonds. The molecule has 0 spiro atoms. The summed E-state index contributed by atoms with van der Waals surface area (Å²) in [6.45, 7) is 4.21. The number of rotatable bonds is 4. The summed E-state index contributed by atoms with van der Waals surface area (Å²) in [4.78, 5) is 0. The molecule has 0 saturated carbocycles. The van der Waals surface area contributed by atoms with E-state index in [0.717, 1.165) is 6.54 Å². The van der Waals surface area contributed by atoms with Crippen LogP contribution in [0.1, 0.15) is 6.92 Å². The van der Waals surface area contributed by atoms with Crippen LogP contribution in [0.5, 0.6) is 0 Å². The van der Waals surface area contributed by atoms with Gasteiger partial charge in [0.15, 0.2) is 0 Å². The second-order valence-electron chi connectivity index (χ2n) is 1.58. The summed E-state index contributed by atoms with van der Waals surface area (Å²) >= 11 is 0. The summed E-state index contributed by atoms with van der Waals surface area (Å²) in [5.41, 5.74) is 5.13. The topological polar surface area (TPSA) is 78.5 Å². The molecule has 0 aliphatic carbocycles. The Morgan fingerprint density at radius 2 is 1.73 bits per heavy atom. The average molecular weight is 198 g/mol. The van der Waals surface area contributed by atoms with Gasteiger partial charge in [-0.25, -0.2) is 0 Å². The molecule has 0 fully saturated rings. The molecule has 0 radical (unpaired) electrons. The van der Waals surface area contributed by atoms with Crippen LogP contribution in [0.15, 0.2) is 0 Å². The first-order chi connectivity index (χ1) is 4.83. The minimum Gasteiger partial charge on any atom is -0.397 e. The SMILES string of the molecule is CCO.NCCNCCO.[Ti]. The molecule has 0 saturated heterocycles. The van der Waals surface area contributed by atoms with Crippen LogP contribution < -0.4 is 11.1 Å². The van der Waals surface area contributed by atoms with Gasteiger partial charge in [0.1, 0.15) is 0 Å². The van der Waals surface area contributed by atoms with E-state index in [1.54, 1.807) is 6.92 Å². The molecule has 68 valence electrons. The number of aliphatic hydroxyl groups excluding tert-OH is 2. The van der Waals surface area contributed by atoms with Gasteiger partial charge in [0.25, 0.3) is 0 Å². The first-order valence-electron chi connectivity index (χ1n) is 3.45. The first-order valence-corrected chi connectivity index (χ1v) is 3.45. The second kappa shape index (κ2) is 22.4. The van der Waals surface area contributed by atoms with E-state index in [2.05, 4.69) is 5.32 Å². The Hall–Kier alpha value is 0.554. The summed E-state index contributed by atoms with van der Waals surface area (Å²) in [6.07, 6.45) is 0. The summed E-state index contributed by atoms with van der Waals surface area (Å²) < 4.78 is 0. The quantitative estimate of drug-likeness (QED) is 0.328. The van der Waals surface area contributed by atoms with Crippen LogP contribution in [0.3, 0.4) is 0 Å². The Bertz CT molecular complexity index is 45.6. The van der Waals surface area contributed by atoms with Crippen molar-refractivity contribution in [3.63, 3.8) is 0 Å². The minimum atomic E-state index is 0. The molecule has 11 heavy (non-hydrogen) atoms. The third kappa shape index (κ3) is 37.2. The van der Waals surface area contributed by atoms with Crippen LogP contribution in [0.4, 0.5) is 0 Å². The van der Waals surface area contributed by atoms with Crippen LogP contribution in [-0.4, -0.2) is 43.1 Å². The van der Waals surface area contributed by atoms with Crippen molar-refractivity contribution in [3.8, 4) is 0 Å². The minimum absolute atomic E-state index is 0. The number of hydrogen-bond acceptors (Lipinski definition) is 4. The van der Waals surface area contributed by atoms with Crippen molar-refractivity contribution in [2.45, 2.75) is 6.92 Å². The molecule has 0 bridgehead atoms. The fourth-order valence-corrected chi connectivity index (χ4v) is 0.306. The molecule has 5 heteroatoms. The zero-order valence-electron chi connectivity index (χ0n) is 7.01. The number of aliphatic hydroxyl groups is 2. The van der Waals surface area contributed by atoms with Crippen LogP contribution in [0.2, 0.25) is 0 Å². The van der Waals surface area contributed by atoms with Gasteiger partial charge >= 0.3 is 0 Å². The van der Waals surface area contributed by atoms with E-state index in [-0.39, 0.29) is 34.9 Å². The van der Waals surface area contributed by atoms with Crippen LogP contribution >= 0.6 is 0 Å². The predicted octanol–water partition coefficient (Wildman–Crippen LogP) is -1.48. The van der Waals surface area contributed by atoms with Crippen molar-refractivity contribution in [1.29, 1.82) is 0 Å². The van der Waals surface area contributed by atoms with E-state index in [1.807, 2.05) is 0 Å². The first kappa shape index (κ1) is 17.6. The summed E-state index contributed by atoms with van der Waals surface area (Å²) in [5.74, 6) is 0. The Kier molecular flexibility index (Phi) is 35.9. The van der Waals surface area contributed by atoms with Gasteiger partial charge in [0, 0.05) is 48.0 Å². The molecule has 0 unspecified atom stereocenters. The van der Waals surface area contributed by atoms with Crippen molar-refractivity contribution in [1.82, 2.24) is 5.32 Å². The smallest absolute Gasteiger partial charge is 0.0555 e. The fraction of sp³-hybridized carbons (Fsp3) is 1.00. The monoisotopic (exact) mass is 198 g/mol. The van der Waals surface area contributed by atoms with Crippen molar-refractivity contribution in [2.75, 3.05) is 32.8 Å². The Morgan fingerprint density at radius 1 is 1.27 bits per heavy atom. The fourth-order valence-electron chi connectivity index (χ4n) is 0.306. The van der Waals surface area contributed by atoms with E-state index >= 15 is 0 Å². The Balaban J connectivity index is -0.000000140. The molecule has 0 aromatic heterocycles. The van der Waals surface area contributed by atoms with Gasteiger partial charge in [-0.05, 0) is 6.92 Å². The number of hydrogen-bond donors (Lipinski definition) is 4. The maximum atomic E-state index is 8.19. The van der Waals surface area contributed by atoms with Crippen LogP contribution in [0.25, 0.3) is 0 Å². The summed E-state index contributed by atoms with van der Waals surface area (Å²) in [5, 5.41) is 18.7. The largest absolute Gasteiger partial charge is 0.397 e. The van der Waals surface area contributed by atoms with Gasteiger partial charge in [-0.1, -0.05) is 0 Å². The molecule has 0 heterocycles. The molecule has 0 aromatic carbocycles. The summed E-state index contributed by atoms with van der Waals surface area (Å²) in [6, 6.07) is 0. The van der Waals surface area contributed by atoms with Crippen LogP contribution in [0, 0.1) is 0 Å². The maximum Gasteiger partial charge on any atom is 0.0555 e. The normalized spacial score (nSPS) is 7.64. The average Bonchev–Trinajstić information content (AvgIpc) is 1.91. The number of nitrogens with two attached hydrogens (primary N) is 1. The molecular formula is C6H18N2O2Ti. The molecule has 0 aromatic rings. The molecule has 4 nitrogen and oxygen atoms in total. The third-order valence-corrected chi connectivity index (χ3v) is 0.610. The molecule has 0 aliphatic rings. The predicted molar refractivity (Wildman–Crippen MR) is 41.8 cm³/mol. The molecule has 5 N–H and O–H groups in total. The zero-order valence-corrected chi connectivity index (χ0v) is 8.57. The molecular weight excluding hydrogens is 180 g/mol. The van der Waals surface area contributed by atoms with Crippen molar-refractivity contribution in [3.05, 3.63) is 0 Å². The van der Waals surface area contributed by atoms with Crippen molar-refractivity contribution >= 4 is 0 Å². The van der Waals surface area contributed by atoms with E-state index in [0.29, 0.717) is 13.1 Å². The summed E-state index contributed by atoms with van der Waals surface area (Å²) in [7, 11) is 0. The van der Waals surface area contributed by atoms with Gasteiger partial charge in [-0.2, -0.15) is 0 Å². The van der Waals surface area contributed by atoms with Crippen molar-refractivity contribution in [2.24, 2.45) is 5.73 Å². The van der Waals surface area contributed by atoms with Gasteiger partial charge < -0.3 is 21.3 Å². The van der Waals surface area contributed by atoms with Gasteiger partial charge in [-0.3, -0.25) is 0 Å². The maximum absolute atomic E-state index is 8.19. The van der Waals surface area contributed by atoms with E-state index in [1.165, 1.54) is 0 Å². The standard InChI is InChI=1S/C4H12N2O.C2H6O.Ti/c5-1-2-6-3-4-7;1-2-3;/h6-7H,1-5H2;3H,2H2,1H3;. The molecule has 0 rings (SSSR count). The van der Waals surface area contributed by atoms with Gasteiger partial charge in [0.2, 0.25) is 0 Å². The Morgan fingerprint density at radius 3 is 2.00 bits per heavy atom. The number of nitrogens with one attached hydrogen (secondary N) is 1. The van der Waals surface area contributed by atoms with Gasteiger partial charge in [-0.15, -0.1) is 0 Å². The molecule has 0 aliphatic heterocycles. The van der Waals surface area contributed by atoms with Gasteiger partial charge in [0.05, 0.1) is 6.61 Å². The Labute approximate surface area is 83.1 Å². The third-order valence-electron chi connectivity index (χ3n) is 0.610. The van der Waals surface area contributed by atoms with Crippen LogP contribution in [-0.2, 0) is 21.7 Å². The van der Waals surface area contributed by atoms with Crippen molar-refractivity contribution < 1.29 is 31.9 Å². The molecule has 0 atom stereocenters. The van der Waals surface area contributed by atoms with E-state index in [9.17, 15) is 0 Å². The second-order valence-corrected chi connectivity index (χ2v) is 1.58. The van der Waals surface area contributed by atoms with E-state index < -0.39 is 0 Å². The zero-order chi connectivity index (χ0) is 8.24. The van der Waals surface area contributed by atoms with E-state index in [4.69, 9.17) is 15.9 Å².